The number of carbonyl (C=O) groups is 1. The number of likely N-dealkylation sites (tertiary alicyclic amines) is 1. The molecule has 0 saturated carbocycles. The number of hydrogen-bond donors (Lipinski definition) is 2. The minimum atomic E-state index is -3.14. The fourth-order valence-corrected chi connectivity index (χ4v) is 5.20. The van der Waals surface area contributed by atoms with Crippen LogP contribution in [0.25, 0.3) is 0 Å². The van der Waals surface area contributed by atoms with E-state index in [1.54, 1.807) is 0 Å². The highest BCUT2D eigenvalue weighted by molar-refractivity contribution is 7.91. The lowest BCUT2D eigenvalue weighted by Crippen LogP contribution is -2.50. The van der Waals surface area contributed by atoms with Crippen LogP contribution in [-0.4, -0.2) is 73.0 Å². The predicted molar refractivity (Wildman–Crippen MR) is 76.5 cm³/mol. The van der Waals surface area contributed by atoms with Crippen LogP contribution in [0.4, 0.5) is 0 Å². The minimum Gasteiger partial charge on any atom is -0.392 e. The number of amides is 1. The van der Waals surface area contributed by atoms with E-state index in [-0.39, 0.29) is 29.9 Å². The molecule has 0 spiro atoms. The number of sulfone groups is 1. The normalized spacial score (nSPS) is 37.8. The lowest BCUT2D eigenvalue weighted by atomic mass is 9.96. The Hall–Kier alpha value is -0.370. The zero-order valence-corrected chi connectivity index (χ0v) is 13.0. The van der Waals surface area contributed by atoms with E-state index < -0.39 is 27.4 Å². The zero-order valence-electron chi connectivity index (χ0n) is 11.5. The zero-order chi connectivity index (χ0) is 14.9. The number of halogens is 1. The lowest BCUT2D eigenvalue weighted by Gasteiger charge is -2.33. The largest absolute Gasteiger partial charge is 0.392 e. The van der Waals surface area contributed by atoms with Crippen LogP contribution in [0.1, 0.15) is 13.3 Å². The Morgan fingerprint density at radius 1 is 1.45 bits per heavy atom. The molecule has 0 aromatic carbocycles. The number of nitrogens with one attached hydrogen (secondary N) is 1. The minimum absolute atomic E-state index is 0.0839. The molecule has 0 radical (unpaired) electrons. The summed E-state index contributed by atoms with van der Waals surface area (Å²) in [7, 11) is -3.14. The maximum Gasteiger partial charge on any atom is 0.234 e. The molecule has 0 aromatic rings. The summed E-state index contributed by atoms with van der Waals surface area (Å²) in [5, 5.41) is 11.9. The number of piperidine rings is 1. The van der Waals surface area contributed by atoms with Crippen LogP contribution >= 0.6 is 11.6 Å². The number of alkyl halides is 1. The van der Waals surface area contributed by atoms with Crippen molar-refractivity contribution in [3.63, 3.8) is 0 Å². The number of nitrogens with zero attached hydrogens (tertiary/aromatic N) is 1. The molecule has 2 aliphatic rings. The maximum atomic E-state index is 11.9. The van der Waals surface area contributed by atoms with Crippen molar-refractivity contribution in [2.45, 2.75) is 30.9 Å². The van der Waals surface area contributed by atoms with Gasteiger partial charge in [-0.1, -0.05) is 6.92 Å². The van der Waals surface area contributed by atoms with Crippen molar-refractivity contribution >= 4 is 27.3 Å². The number of carbonyl (C=O) groups excluding carboxylic acids is 1. The van der Waals surface area contributed by atoms with Gasteiger partial charge in [0.2, 0.25) is 5.91 Å². The van der Waals surface area contributed by atoms with Gasteiger partial charge < -0.3 is 10.4 Å². The van der Waals surface area contributed by atoms with E-state index >= 15 is 0 Å². The fourth-order valence-electron chi connectivity index (χ4n) is 2.65. The summed E-state index contributed by atoms with van der Waals surface area (Å²) in [5.74, 6) is -0.160. The molecule has 8 heteroatoms. The molecule has 116 valence electrons. The second-order valence-corrected chi connectivity index (χ2v) is 8.55. The Kier molecular flexibility index (Phi) is 4.94. The standard InChI is InChI=1S/C12H21ClN2O4S/c1-8-2-3-15(4-11(8)16)5-12(17)14-10-7-20(18,19)6-9(10)13/h8-11,16H,2-7H2,1H3,(H,14,17). The summed E-state index contributed by atoms with van der Waals surface area (Å²) in [6.07, 6.45) is 0.439. The first-order valence-electron chi connectivity index (χ1n) is 6.81. The van der Waals surface area contributed by atoms with Crippen LogP contribution in [0.2, 0.25) is 0 Å². The summed E-state index contributed by atoms with van der Waals surface area (Å²) < 4.78 is 22.8. The van der Waals surface area contributed by atoms with Crippen molar-refractivity contribution in [3.8, 4) is 0 Å². The smallest absolute Gasteiger partial charge is 0.234 e. The Morgan fingerprint density at radius 3 is 2.70 bits per heavy atom. The average molecular weight is 325 g/mol. The van der Waals surface area contributed by atoms with E-state index in [2.05, 4.69) is 5.32 Å². The summed E-state index contributed by atoms with van der Waals surface area (Å²) in [4.78, 5) is 13.8. The second-order valence-electron chi connectivity index (χ2n) is 5.84. The Balaban J connectivity index is 1.81. The highest BCUT2D eigenvalue weighted by Crippen LogP contribution is 2.19. The molecule has 2 N–H and O–H groups in total. The Labute approximate surface area is 124 Å². The molecule has 1 amide bonds. The summed E-state index contributed by atoms with van der Waals surface area (Å²) in [5.41, 5.74) is 0. The lowest BCUT2D eigenvalue weighted by molar-refractivity contribution is -0.123. The molecule has 2 aliphatic heterocycles. The van der Waals surface area contributed by atoms with Gasteiger partial charge in [-0.3, -0.25) is 9.69 Å². The van der Waals surface area contributed by atoms with Crippen LogP contribution in [-0.2, 0) is 14.6 Å². The summed E-state index contributed by atoms with van der Waals surface area (Å²) >= 11 is 5.94. The van der Waals surface area contributed by atoms with E-state index in [9.17, 15) is 18.3 Å². The van der Waals surface area contributed by atoms with E-state index in [1.807, 2.05) is 11.8 Å². The van der Waals surface area contributed by atoms with Crippen LogP contribution in [0, 0.1) is 5.92 Å². The molecule has 4 unspecified atom stereocenters. The van der Waals surface area contributed by atoms with Gasteiger partial charge in [0.25, 0.3) is 0 Å². The number of β-amino-alcohol motifs (C(OH)–C–C–N with tert-alkyl or cyclic N) is 1. The molecular weight excluding hydrogens is 304 g/mol. The molecule has 2 fully saturated rings. The molecule has 20 heavy (non-hydrogen) atoms. The van der Waals surface area contributed by atoms with Crippen LogP contribution in [0.15, 0.2) is 0 Å². The second kappa shape index (κ2) is 6.17. The summed E-state index contributed by atoms with van der Waals surface area (Å²) in [6, 6.07) is -0.511. The van der Waals surface area contributed by atoms with E-state index in [0.717, 1.165) is 13.0 Å². The van der Waals surface area contributed by atoms with Gasteiger partial charge in [0.15, 0.2) is 9.84 Å². The first-order valence-corrected chi connectivity index (χ1v) is 9.07. The molecule has 4 atom stereocenters. The van der Waals surface area contributed by atoms with Gasteiger partial charge in [0.1, 0.15) is 0 Å². The first-order chi connectivity index (χ1) is 9.27. The van der Waals surface area contributed by atoms with Gasteiger partial charge >= 0.3 is 0 Å². The SMILES string of the molecule is CC1CCN(CC(=O)NC2CS(=O)(=O)CC2Cl)CC1O. The molecule has 0 bridgehead atoms. The van der Waals surface area contributed by atoms with Crippen molar-refractivity contribution < 1.29 is 18.3 Å². The quantitative estimate of drug-likeness (QED) is 0.664. The van der Waals surface area contributed by atoms with Gasteiger partial charge in [-0.25, -0.2) is 8.42 Å². The predicted octanol–water partition coefficient (Wildman–Crippen LogP) is -0.790. The molecule has 6 nitrogen and oxygen atoms in total. The molecular formula is C12H21ClN2O4S. The van der Waals surface area contributed by atoms with Crippen molar-refractivity contribution in [1.29, 1.82) is 0 Å². The van der Waals surface area contributed by atoms with Gasteiger partial charge in [-0.05, 0) is 18.9 Å². The first kappa shape index (κ1) is 16.0. The average Bonchev–Trinajstić information content (AvgIpc) is 2.57. The molecule has 2 rings (SSSR count). The number of aliphatic hydroxyl groups is 1. The fraction of sp³-hybridized carbons (Fsp3) is 0.917. The van der Waals surface area contributed by atoms with Crippen LogP contribution in [0.3, 0.4) is 0 Å². The van der Waals surface area contributed by atoms with Crippen molar-refractivity contribution in [3.05, 3.63) is 0 Å². The van der Waals surface area contributed by atoms with Crippen molar-refractivity contribution in [1.82, 2.24) is 10.2 Å². The molecule has 0 aliphatic carbocycles. The Morgan fingerprint density at radius 2 is 2.15 bits per heavy atom. The number of aliphatic hydroxyl groups excluding tert-OH is 1. The van der Waals surface area contributed by atoms with Gasteiger partial charge in [0.05, 0.1) is 35.6 Å². The number of rotatable bonds is 3. The third kappa shape index (κ3) is 4.07. The van der Waals surface area contributed by atoms with Crippen molar-refractivity contribution in [2.24, 2.45) is 5.92 Å². The van der Waals surface area contributed by atoms with Crippen LogP contribution in [0.5, 0.6) is 0 Å². The topological polar surface area (TPSA) is 86.7 Å². The van der Waals surface area contributed by atoms with Gasteiger partial charge in [-0.15, -0.1) is 11.6 Å². The highest BCUT2D eigenvalue weighted by atomic mass is 35.5. The van der Waals surface area contributed by atoms with Gasteiger partial charge in [0, 0.05) is 6.54 Å². The third-order valence-corrected chi connectivity index (χ3v) is 6.38. The molecule has 2 saturated heterocycles. The number of hydrogen-bond acceptors (Lipinski definition) is 5. The molecule has 0 aromatic heterocycles. The molecule has 2 heterocycles. The maximum absolute atomic E-state index is 11.9. The van der Waals surface area contributed by atoms with E-state index in [0.29, 0.717) is 6.54 Å². The highest BCUT2D eigenvalue weighted by Gasteiger charge is 2.37. The third-order valence-electron chi connectivity index (χ3n) is 4.00. The van der Waals surface area contributed by atoms with Crippen molar-refractivity contribution in [2.75, 3.05) is 31.1 Å². The van der Waals surface area contributed by atoms with Crippen LogP contribution < -0.4 is 5.32 Å². The Bertz CT molecular complexity index is 470. The van der Waals surface area contributed by atoms with E-state index in [4.69, 9.17) is 11.6 Å². The van der Waals surface area contributed by atoms with E-state index in [1.165, 1.54) is 0 Å². The summed E-state index contributed by atoms with van der Waals surface area (Å²) in [6.45, 7) is 3.40. The monoisotopic (exact) mass is 324 g/mol. The van der Waals surface area contributed by atoms with Gasteiger partial charge in [-0.2, -0.15) is 0 Å².